The van der Waals surface area contributed by atoms with Gasteiger partial charge in [-0.05, 0) is 35.4 Å². The van der Waals surface area contributed by atoms with Crippen LogP contribution < -0.4 is 0 Å². The molecule has 2 nitrogen and oxygen atoms in total. The van der Waals surface area contributed by atoms with E-state index in [0.29, 0.717) is 5.75 Å². The summed E-state index contributed by atoms with van der Waals surface area (Å²) < 4.78 is 0. The summed E-state index contributed by atoms with van der Waals surface area (Å²) in [6, 6.07) is 15.8. The van der Waals surface area contributed by atoms with Crippen molar-refractivity contribution in [2.75, 3.05) is 5.75 Å². The Morgan fingerprint density at radius 2 is 1.53 bits per heavy atom. The second-order valence-corrected chi connectivity index (χ2v) is 5.63. The van der Waals surface area contributed by atoms with Crippen LogP contribution in [0.15, 0.2) is 53.4 Å². The van der Waals surface area contributed by atoms with E-state index in [2.05, 4.69) is 0 Å². The van der Waals surface area contributed by atoms with E-state index in [4.69, 9.17) is 16.7 Å². The van der Waals surface area contributed by atoms with Gasteiger partial charge in [0.05, 0.1) is 6.42 Å². The quantitative estimate of drug-likeness (QED) is 0.820. The third-order valence-electron chi connectivity index (χ3n) is 2.62. The van der Waals surface area contributed by atoms with Gasteiger partial charge in [-0.2, -0.15) is 0 Å². The number of benzene rings is 2. The highest BCUT2D eigenvalue weighted by Gasteiger charge is 2.01. The largest absolute Gasteiger partial charge is 0.481 e. The Hall–Kier alpha value is -1.45. The first-order valence-electron chi connectivity index (χ1n) is 5.86. The summed E-state index contributed by atoms with van der Waals surface area (Å²) in [7, 11) is 0. The minimum Gasteiger partial charge on any atom is -0.481 e. The monoisotopic (exact) mass is 292 g/mol. The molecule has 0 aliphatic carbocycles. The van der Waals surface area contributed by atoms with Crippen molar-refractivity contribution >= 4 is 29.3 Å². The molecule has 0 aromatic heterocycles. The first-order valence-corrected chi connectivity index (χ1v) is 7.22. The molecule has 98 valence electrons. The Kier molecular flexibility index (Phi) is 4.88. The highest BCUT2D eigenvalue weighted by molar-refractivity contribution is 7.99. The molecule has 0 saturated carbocycles. The maximum Gasteiger partial charge on any atom is 0.304 e. The van der Waals surface area contributed by atoms with E-state index >= 15 is 0 Å². The lowest BCUT2D eigenvalue weighted by Gasteiger charge is -2.04. The van der Waals surface area contributed by atoms with Crippen LogP contribution in [-0.2, 0) is 4.79 Å². The summed E-state index contributed by atoms with van der Waals surface area (Å²) >= 11 is 7.41. The van der Waals surface area contributed by atoms with Crippen molar-refractivity contribution in [1.82, 2.24) is 0 Å². The van der Waals surface area contributed by atoms with Gasteiger partial charge in [0, 0.05) is 15.7 Å². The van der Waals surface area contributed by atoms with E-state index < -0.39 is 5.97 Å². The van der Waals surface area contributed by atoms with E-state index in [0.717, 1.165) is 21.0 Å². The highest BCUT2D eigenvalue weighted by atomic mass is 35.5. The Balaban J connectivity index is 2.02. The molecule has 0 aliphatic rings. The first-order chi connectivity index (χ1) is 9.15. The van der Waals surface area contributed by atoms with Crippen LogP contribution in [0.5, 0.6) is 0 Å². The molecular weight excluding hydrogens is 280 g/mol. The van der Waals surface area contributed by atoms with Crippen molar-refractivity contribution < 1.29 is 9.90 Å². The molecule has 0 spiro atoms. The number of rotatable bonds is 5. The third kappa shape index (κ3) is 4.30. The normalized spacial score (nSPS) is 10.4. The Bertz CT molecular complexity index is 549. The summed E-state index contributed by atoms with van der Waals surface area (Å²) in [5.74, 6) is -0.166. The zero-order valence-electron chi connectivity index (χ0n) is 10.2. The van der Waals surface area contributed by atoms with Gasteiger partial charge in [0.2, 0.25) is 0 Å². The summed E-state index contributed by atoms with van der Waals surface area (Å²) in [4.78, 5) is 11.5. The van der Waals surface area contributed by atoms with Crippen LogP contribution in [0.4, 0.5) is 0 Å². The average Bonchev–Trinajstić information content (AvgIpc) is 2.40. The lowest BCUT2D eigenvalue weighted by atomic mass is 10.1. The number of carbonyl (C=O) groups is 1. The van der Waals surface area contributed by atoms with Gasteiger partial charge in [-0.15, -0.1) is 11.8 Å². The molecule has 4 heteroatoms. The Morgan fingerprint density at radius 3 is 2.05 bits per heavy atom. The number of hydrogen-bond acceptors (Lipinski definition) is 2. The van der Waals surface area contributed by atoms with Gasteiger partial charge in [0.1, 0.15) is 0 Å². The molecule has 0 aliphatic heterocycles. The lowest BCUT2D eigenvalue weighted by Crippen LogP contribution is -1.95. The molecule has 2 aromatic rings. The average molecular weight is 293 g/mol. The highest BCUT2D eigenvalue weighted by Crippen LogP contribution is 2.25. The van der Waals surface area contributed by atoms with Crippen LogP contribution in [0.25, 0.3) is 11.1 Å². The molecule has 0 atom stereocenters. The van der Waals surface area contributed by atoms with Gasteiger partial charge in [-0.3, -0.25) is 4.79 Å². The molecule has 0 saturated heterocycles. The fourth-order valence-electron chi connectivity index (χ4n) is 1.64. The molecule has 0 fully saturated rings. The maximum absolute atomic E-state index is 10.4. The van der Waals surface area contributed by atoms with Crippen LogP contribution in [0, 0.1) is 0 Å². The van der Waals surface area contributed by atoms with E-state index in [1.54, 1.807) is 11.8 Å². The zero-order valence-corrected chi connectivity index (χ0v) is 11.7. The van der Waals surface area contributed by atoms with E-state index in [-0.39, 0.29) is 6.42 Å². The van der Waals surface area contributed by atoms with Gasteiger partial charge < -0.3 is 5.11 Å². The van der Waals surface area contributed by atoms with Crippen molar-refractivity contribution in [2.24, 2.45) is 0 Å². The van der Waals surface area contributed by atoms with Crippen molar-refractivity contribution in [3.8, 4) is 11.1 Å². The minimum absolute atomic E-state index is 0.184. The summed E-state index contributed by atoms with van der Waals surface area (Å²) in [6.45, 7) is 0. The summed E-state index contributed by atoms with van der Waals surface area (Å²) in [6.07, 6.45) is 0.184. The van der Waals surface area contributed by atoms with Gasteiger partial charge >= 0.3 is 5.97 Å². The molecule has 0 bridgehead atoms. The zero-order chi connectivity index (χ0) is 13.7. The SMILES string of the molecule is O=C(O)CCSc1ccc(-c2ccc(Cl)cc2)cc1. The van der Waals surface area contributed by atoms with Crippen LogP contribution in [0.3, 0.4) is 0 Å². The van der Waals surface area contributed by atoms with E-state index in [1.807, 2.05) is 48.5 Å². The Labute approximate surface area is 121 Å². The van der Waals surface area contributed by atoms with Crippen molar-refractivity contribution in [2.45, 2.75) is 11.3 Å². The van der Waals surface area contributed by atoms with Crippen LogP contribution >= 0.6 is 23.4 Å². The number of halogens is 1. The third-order valence-corrected chi connectivity index (χ3v) is 3.88. The molecule has 0 radical (unpaired) electrons. The maximum atomic E-state index is 10.4. The van der Waals surface area contributed by atoms with Crippen LogP contribution in [-0.4, -0.2) is 16.8 Å². The summed E-state index contributed by atoms with van der Waals surface area (Å²) in [5, 5.41) is 9.31. The van der Waals surface area contributed by atoms with Gasteiger partial charge in [0.15, 0.2) is 0 Å². The topological polar surface area (TPSA) is 37.3 Å². The molecule has 2 aromatic carbocycles. The standard InChI is InChI=1S/C15H13ClO2S/c16-13-5-1-11(2-6-13)12-3-7-14(8-4-12)19-10-9-15(17)18/h1-8H,9-10H2,(H,17,18). The van der Waals surface area contributed by atoms with Crippen molar-refractivity contribution in [3.63, 3.8) is 0 Å². The predicted octanol–water partition coefficient (Wildman–Crippen LogP) is 4.57. The van der Waals surface area contributed by atoms with E-state index in [9.17, 15) is 4.79 Å². The van der Waals surface area contributed by atoms with Crippen molar-refractivity contribution in [3.05, 3.63) is 53.6 Å². The number of carboxylic acids is 1. The molecular formula is C15H13ClO2S. The molecule has 0 heterocycles. The molecule has 19 heavy (non-hydrogen) atoms. The van der Waals surface area contributed by atoms with E-state index in [1.165, 1.54) is 0 Å². The molecule has 0 amide bonds. The van der Waals surface area contributed by atoms with Crippen molar-refractivity contribution in [1.29, 1.82) is 0 Å². The second-order valence-electron chi connectivity index (χ2n) is 4.02. The van der Waals surface area contributed by atoms with Crippen LogP contribution in [0.2, 0.25) is 5.02 Å². The summed E-state index contributed by atoms with van der Waals surface area (Å²) in [5.41, 5.74) is 2.24. The number of aliphatic carboxylic acids is 1. The smallest absolute Gasteiger partial charge is 0.304 e. The van der Waals surface area contributed by atoms with Crippen LogP contribution in [0.1, 0.15) is 6.42 Å². The number of carboxylic acid groups (broad SMARTS) is 1. The molecule has 2 rings (SSSR count). The lowest BCUT2D eigenvalue weighted by molar-refractivity contribution is -0.136. The Morgan fingerprint density at radius 1 is 1.00 bits per heavy atom. The predicted molar refractivity (Wildman–Crippen MR) is 79.9 cm³/mol. The molecule has 0 unspecified atom stereocenters. The number of hydrogen-bond donors (Lipinski definition) is 1. The fourth-order valence-corrected chi connectivity index (χ4v) is 2.61. The van der Waals surface area contributed by atoms with Gasteiger partial charge in [-0.25, -0.2) is 0 Å². The minimum atomic E-state index is -0.759. The second kappa shape index (κ2) is 6.64. The van der Waals surface area contributed by atoms with Gasteiger partial charge in [0.25, 0.3) is 0 Å². The number of thioether (sulfide) groups is 1. The first kappa shape index (κ1) is 14.0. The molecule has 1 N–H and O–H groups in total. The fraction of sp³-hybridized carbons (Fsp3) is 0.133. The van der Waals surface area contributed by atoms with Gasteiger partial charge in [-0.1, -0.05) is 35.9 Å².